The number of ether oxygens (including phenoxy) is 1. The highest BCUT2D eigenvalue weighted by Gasteiger charge is 2.38. The molecule has 0 bridgehead atoms. The molecular weight excluding hydrogens is 348 g/mol. The van der Waals surface area contributed by atoms with Crippen molar-refractivity contribution in [3.05, 3.63) is 83.9 Å². The van der Waals surface area contributed by atoms with Crippen LogP contribution in [0.15, 0.2) is 72.8 Å². The van der Waals surface area contributed by atoms with Gasteiger partial charge in [-0.05, 0) is 36.3 Å². The van der Waals surface area contributed by atoms with Crippen LogP contribution in [0.3, 0.4) is 0 Å². The Bertz CT molecular complexity index is 780. The quantitative estimate of drug-likeness (QED) is 0.714. The molecule has 4 nitrogen and oxygen atoms in total. The average molecular weight is 379 g/mol. The molecule has 1 fully saturated rings. The molecule has 0 radical (unpaired) electrons. The van der Waals surface area contributed by atoms with Gasteiger partial charge in [0, 0.05) is 18.0 Å². The lowest BCUT2D eigenvalue weighted by molar-refractivity contribution is -0.0386. The van der Waals surface area contributed by atoms with Gasteiger partial charge in [-0.25, -0.2) is 0 Å². The normalized spacial score (nSPS) is 35.6. The van der Waals surface area contributed by atoms with Gasteiger partial charge in [-0.15, -0.1) is 0 Å². The molecular formula is C24H30N2O2. The standard InChI is InChI=1S/C24H30N2O2/c25-20-15-18(11-12-19(20)16-7-3-1-4-8-16)28-22-14-13-21(27)24(26)23(22)17-9-5-2-6-10-17/h1-10,13-14,18-24,27H,11-12,15,25-26H2/t18?,19-,20+,21+,22-,23+,24+/m1/s1. The molecule has 2 aromatic rings. The van der Waals surface area contributed by atoms with Gasteiger partial charge in [0.15, 0.2) is 0 Å². The Labute approximate surface area is 167 Å². The number of hydrogen-bond donors (Lipinski definition) is 3. The lowest BCUT2D eigenvalue weighted by Gasteiger charge is -2.40. The fraction of sp³-hybridized carbons (Fsp3) is 0.417. The van der Waals surface area contributed by atoms with E-state index in [9.17, 15) is 5.11 Å². The molecule has 148 valence electrons. The van der Waals surface area contributed by atoms with Gasteiger partial charge in [0.05, 0.1) is 18.3 Å². The fourth-order valence-electron chi connectivity index (χ4n) is 4.75. The molecule has 2 aliphatic rings. The molecule has 4 heteroatoms. The van der Waals surface area contributed by atoms with Gasteiger partial charge in [-0.3, -0.25) is 0 Å². The van der Waals surface area contributed by atoms with Gasteiger partial charge in [-0.2, -0.15) is 0 Å². The van der Waals surface area contributed by atoms with Crippen LogP contribution in [-0.2, 0) is 4.74 Å². The third-order valence-corrected chi connectivity index (χ3v) is 6.27. The summed E-state index contributed by atoms with van der Waals surface area (Å²) in [5.74, 6) is 0.321. The van der Waals surface area contributed by atoms with E-state index in [4.69, 9.17) is 16.2 Å². The highest BCUT2D eigenvalue weighted by Crippen LogP contribution is 2.37. The van der Waals surface area contributed by atoms with Crippen molar-refractivity contribution in [3.63, 3.8) is 0 Å². The van der Waals surface area contributed by atoms with Crippen molar-refractivity contribution >= 4 is 0 Å². The molecule has 0 amide bonds. The summed E-state index contributed by atoms with van der Waals surface area (Å²) in [4.78, 5) is 0. The van der Waals surface area contributed by atoms with Crippen LogP contribution in [0.2, 0.25) is 0 Å². The summed E-state index contributed by atoms with van der Waals surface area (Å²) in [6, 6.07) is 20.4. The average Bonchev–Trinajstić information content (AvgIpc) is 2.72. The van der Waals surface area contributed by atoms with Crippen LogP contribution in [-0.4, -0.2) is 35.5 Å². The van der Waals surface area contributed by atoms with E-state index in [1.165, 1.54) is 5.56 Å². The molecule has 0 spiro atoms. The Kier molecular flexibility index (Phi) is 5.93. The highest BCUT2D eigenvalue weighted by molar-refractivity contribution is 5.28. The van der Waals surface area contributed by atoms with Crippen molar-refractivity contribution in [1.82, 2.24) is 0 Å². The minimum Gasteiger partial charge on any atom is -0.387 e. The minimum absolute atomic E-state index is 0.0655. The van der Waals surface area contributed by atoms with E-state index in [-0.39, 0.29) is 30.2 Å². The molecule has 1 unspecified atom stereocenters. The predicted molar refractivity (Wildman–Crippen MR) is 112 cm³/mol. The van der Waals surface area contributed by atoms with Gasteiger partial charge < -0.3 is 21.3 Å². The first-order valence-electron chi connectivity index (χ1n) is 10.3. The lowest BCUT2D eigenvalue weighted by Crippen LogP contribution is -2.48. The number of benzene rings is 2. The highest BCUT2D eigenvalue weighted by atomic mass is 16.5. The van der Waals surface area contributed by atoms with Gasteiger partial charge in [0.2, 0.25) is 0 Å². The first-order valence-corrected chi connectivity index (χ1v) is 10.3. The van der Waals surface area contributed by atoms with Crippen LogP contribution in [0.4, 0.5) is 0 Å². The first-order chi connectivity index (χ1) is 13.6. The smallest absolute Gasteiger partial charge is 0.0879 e. The van der Waals surface area contributed by atoms with Crippen LogP contribution >= 0.6 is 0 Å². The Morgan fingerprint density at radius 3 is 2.11 bits per heavy atom. The molecule has 0 saturated heterocycles. The number of hydrogen-bond acceptors (Lipinski definition) is 4. The van der Waals surface area contributed by atoms with Gasteiger partial charge in [0.25, 0.3) is 0 Å². The molecule has 0 aliphatic heterocycles. The van der Waals surface area contributed by atoms with E-state index in [1.807, 2.05) is 30.3 Å². The second kappa shape index (κ2) is 8.58. The van der Waals surface area contributed by atoms with E-state index in [0.29, 0.717) is 5.92 Å². The number of nitrogens with two attached hydrogens (primary N) is 2. The summed E-state index contributed by atoms with van der Waals surface area (Å²) < 4.78 is 6.51. The molecule has 5 N–H and O–H groups in total. The molecule has 2 aromatic carbocycles. The zero-order chi connectivity index (χ0) is 19.5. The molecule has 28 heavy (non-hydrogen) atoms. The fourth-order valence-corrected chi connectivity index (χ4v) is 4.75. The second-order valence-corrected chi connectivity index (χ2v) is 8.11. The van der Waals surface area contributed by atoms with E-state index in [1.54, 1.807) is 6.08 Å². The Balaban J connectivity index is 1.46. The molecule has 7 atom stereocenters. The molecule has 0 aromatic heterocycles. The number of rotatable bonds is 4. The zero-order valence-electron chi connectivity index (χ0n) is 16.1. The number of aliphatic hydroxyl groups excluding tert-OH is 1. The van der Waals surface area contributed by atoms with Crippen molar-refractivity contribution in [1.29, 1.82) is 0 Å². The summed E-state index contributed by atoms with van der Waals surface area (Å²) in [5, 5.41) is 10.2. The lowest BCUT2D eigenvalue weighted by atomic mass is 9.78. The topological polar surface area (TPSA) is 81.5 Å². The number of aliphatic hydroxyl groups is 1. The largest absolute Gasteiger partial charge is 0.387 e. The monoisotopic (exact) mass is 378 g/mol. The predicted octanol–water partition coefficient (Wildman–Crippen LogP) is 3.08. The third kappa shape index (κ3) is 4.06. The summed E-state index contributed by atoms with van der Waals surface area (Å²) in [7, 11) is 0. The van der Waals surface area contributed by atoms with E-state index >= 15 is 0 Å². The van der Waals surface area contributed by atoms with Crippen LogP contribution < -0.4 is 11.5 Å². The minimum atomic E-state index is -0.652. The van der Waals surface area contributed by atoms with Crippen LogP contribution in [0.5, 0.6) is 0 Å². The Hall–Kier alpha value is -1.98. The SMILES string of the molecule is N[C@@H]1[C@@H](c2ccccc2)[C@H](OC2CC[C@H](c3ccccc3)[C@@H](N)C2)C=C[C@@H]1O. The Morgan fingerprint density at radius 2 is 1.46 bits per heavy atom. The maximum atomic E-state index is 10.2. The van der Waals surface area contributed by atoms with Gasteiger partial charge >= 0.3 is 0 Å². The summed E-state index contributed by atoms with van der Waals surface area (Å²) in [6.45, 7) is 0. The van der Waals surface area contributed by atoms with Crippen molar-refractivity contribution in [2.75, 3.05) is 0 Å². The summed E-state index contributed by atoms with van der Waals surface area (Å²) in [6.07, 6.45) is 5.90. The van der Waals surface area contributed by atoms with Crippen LogP contribution in [0.25, 0.3) is 0 Å². The van der Waals surface area contributed by atoms with E-state index < -0.39 is 6.10 Å². The third-order valence-electron chi connectivity index (χ3n) is 6.27. The first kappa shape index (κ1) is 19.3. The Morgan fingerprint density at radius 1 is 0.821 bits per heavy atom. The molecule has 0 heterocycles. The zero-order valence-corrected chi connectivity index (χ0v) is 16.1. The second-order valence-electron chi connectivity index (χ2n) is 8.11. The van der Waals surface area contributed by atoms with Crippen molar-refractivity contribution in [2.24, 2.45) is 11.5 Å². The van der Waals surface area contributed by atoms with Gasteiger partial charge in [0.1, 0.15) is 0 Å². The van der Waals surface area contributed by atoms with Crippen molar-refractivity contribution in [3.8, 4) is 0 Å². The van der Waals surface area contributed by atoms with Crippen LogP contribution in [0.1, 0.15) is 42.2 Å². The van der Waals surface area contributed by atoms with E-state index in [0.717, 1.165) is 24.8 Å². The van der Waals surface area contributed by atoms with Crippen LogP contribution in [0, 0.1) is 0 Å². The molecule has 2 aliphatic carbocycles. The molecule has 1 saturated carbocycles. The summed E-state index contributed by atoms with van der Waals surface area (Å²) in [5.41, 5.74) is 15.3. The maximum absolute atomic E-state index is 10.2. The maximum Gasteiger partial charge on any atom is 0.0879 e. The van der Waals surface area contributed by atoms with E-state index in [2.05, 4.69) is 36.4 Å². The van der Waals surface area contributed by atoms with Crippen molar-refractivity contribution < 1.29 is 9.84 Å². The molecule has 4 rings (SSSR count). The summed E-state index contributed by atoms with van der Waals surface area (Å²) >= 11 is 0. The van der Waals surface area contributed by atoms with Gasteiger partial charge in [-0.1, -0.05) is 72.8 Å². The van der Waals surface area contributed by atoms with Crippen molar-refractivity contribution in [2.45, 2.75) is 61.5 Å².